The highest BCUT2D eigenvalue weighted by molar-refractivity contribution is 5.81. The van der Waals surface area contributed by atoms with Crippen molar-refractivity contribution in [1.82, 2.24) is 19.5 Å². The van der Waals surface area contributed by atoms with E-state index in [0.29, 0.717) is 11.2 Å². The smallest absolute Gasteiger partial charge is 0.168 e. The van der Waals surface area contributed by atoms with Gasteiger partial charge in [-0.2, -0.15) is 0 Å². The van der Waals surface area contributed by atoms with Gasteiger partial charge in [0, 0.05) is 0 Å². The summed E-state index contributed by atoms with van der Waals surface area (Å²) in [5, 5.41) is 29.6. The van der Waals surface area contributed by atoms with Crippen molar-refractivity contribution in [2.24, 2.45) is 0 Å². The molecule has 9 nitrogen and oxygen atoms in total. The molecule has 1 saturated heterocycles. The quantitative estimate of drug-likeness (QED) is 0.516. The summed E-state index contributed by atoms with van der Waals surface area (Å²) in [6.07, 6.45) is -0.365. The fraction of sp³-hybridized carbons (Fsp3) is 0.545. The second-order valence-corrected chi connectivity index (χ2v) is 4.96. The summed E-state index contributed by atoms with van der Waals surface area (Å²) < 4.78 is 6.97. The molecule has 0 saturated carbocycles. The molecule has 0 aromatic carbocycles. The van der Waals surface area contributed by atoms with Crippen molar-refractivity contribution in [3.8, 4) is 0 Å². The second-order valence-electron chi connectivity index (χ2n) is 4.96. The Bertz CT molecular complexity index is 643. The lowest BCUT2D eigenvalue weighted by Gasteiger charge is -2.27. The molecule has 108 valence electrons. The zero-order valence-electron chi connectivity index (χ0n) is 10.7. The maximum absolute atomic E-state index is 10.4. The number of fused-ring (bicyclic) bond motifs is 1. The van der Waals surface area contributed by atoms with Crippen LogP contribution in [-0.4, -0.2) is 59.3 Å². The van der Waals surface area contributed by atoms with Gasteiger partial charge in [-0.25, -0.2) is 15.0 Å². The molecule has 3 heterocycles. The molecule has 2 aromatic rings. The summed E-state index contributed by atoms with van der Waals surface area (Å²) in [6.45, 7) is 1.02. The van der Waals surface area contributed by atoms with Crippen LogP contribution in [0.4, 0.5) is 5.82 Å². The molecule has 0 aliphatic carbocycles. The van der Waals surface area contributed by atoms with E-state index in [2.05, 4.69) is 15.0 Å². The van der Waals surface area contributed by atoms with E-state index in [4.69, 9.17) is 10.5 Å². The third kappa shape index (κ3) is 1.68. The summed E-state index contributed by atoms with van der Waals surface area (Å²) in [5.74, 6) is 0.214. The zero-order chi connectivity index (χ0) is 14.5. The number of nitrogens with zero attached hydrogens (tertiary/aromatic N) is 4. The summed E-state index contributed by atoms with van der Waals surface area (Å²) in [5.41, 5.74) is 4.87. The molecule has 5 N–H and O–H groups in total. The van der Waals surface area contributed by atoms with Crippen molar-refractivity contribution >= 4 is 17.0 Å². The molecule has 0 bridgehead atoms. The van der Waals surface area contributed by atoms with Crippen LogP contribution in [0.2, 0.25) is 0 Å². The van der Waals surface area contributed by atoms with Gasteiger partial charge in [-0.1, -0.05) is 0 Å². The molecular weight excluding hydrogens is 266 g/mol. The highest BCUT2D eigenvalue weighted by atomic mass is 16.6. The van der Waals surface area contributed by atoms with Gasteiger partial charge >= 0.3 is 0 Å². The van der Waals surface area contributed by atoms with Gasteiger partial charge < -0.3 is 25.8 Å². The van der Waals surface area contributed by atoms with Crippen LogP contribution < -0.4 is 5.73 Å². The van der Waals surface area contributed by atoms with Crippen LogP contribution in [0.15, 0.2) is 12.7 Å². The molecule has 1 fully saturated rings. The lowest BCUT2D eigenvalue weighted by atomic mass is 9.96. The Morgan fingerprint density at radius 3 is 2.85 bits per heavy atom. The Labute approximate surface area is 113 Å². The minimum absolute atomic E-state index is 0.214. The topological polar surface area (TPSA) is 140 Å². The lowest BCUT2D eigenvalue weighted by molar-refractivity contribution is -0.0950. The van der Waals surface area contributed by atoms with Crippen LogP contribution >= 0.6 is 0 Å². The average Bonchev–Trinajstić information content (AvgIpc) is 2.92. The summed E-state index contributed by atoms with van der Waals surface area (Å²) in [7, 11) is 0. The maximum atomic E-state index is 10.4. The Hall–Kier alpha value is -1.81. The van der Waals surface area contributed by atoms with E-state index in [1.54, 1.807) is 0 Å². The fourth-order valence-corrected chi connectivity index (χ4v) is 2.43. The maximum Gasteiger partial charge on any atom is 0.168 e. The fourth-order valence-electron chi connectivity index (χ4n) is 2.43. The number of aromatic nitrogens is 4. The largest absolute Gasteiger partial charge is 0.394 e. The number of imidazole rings is 1. The molecule has 20 heavy (non-hydrogen) atoms. The summed E-state index contributed by atoms with van der Waals surface area (Å²) in [4.78, 5) is 12.0. The van der Waals surface area contributed by atoms with Gasteiger partial charge in [0.2, 0.25) is 0 Å². The summed E-state index contributed by atoms with van der Waals surface area (Å²) >= 11 is 0. The van der Waals surface area contributed by atoms with Gasteiger partial charge in [0.05, 0.1) is 12.9 Å². The van der Waals surface area contributed by atoms with Gasteiger partial charge in [0.25, 0.3) is 0 Å². The van der Waals surface area contributed by atoms with Crippen LogP contribution in [0, 0.1) is 0 Å². The third-order valence-corrected chi connectivity index (χ3v) is 3.57. The van der Waals surface area contributed by atoms with Crippen molar-refractivity contribution in [1.29, 1.82) is 0 Å². The normalized spacial score (nSPS) is 33.9. The van der Waals surface area contributed by atoms with E-state index in [9.17, 15) is 15.3 Å². The molecular formula is C11H15N5O4. The van der Waals surface area contributed by atoms with Crippen molar-refractivity contribution in [3.63, 3.8) is 0 Å². The first kappa shape index (κ1) is 13.2. The highest BCUT2D eigenvalue weighted by Crippen LogP contribution is 2.39. The monoisotopic (exact) mass is 281 g/mol. The molecule has 0 amide bonds. The van der Waals surface area contributed by atoms with E-state index in [1.165, 1.54) is 24.1 Å². The van der Waals surface area contributed by atoms with Crippen molar-refractivity contribution < 1.29 is 20.1 Å². The number of anilines is 1. The highest BCUT2D eigenvalue weighted by Gasteiger charge is 2.53. The van der Waals surface area contributed by atoms with Crippen LogP contribution in [0.3, 0.4) is 0 Å². The molecule has 2 aromatic heterocycles. The predicted octanol–water partition coefficient (Wildman–Crippen LogP) is -1.59. The molecule has 1 aliphatic rings. The molecule has 3 unspecified atom stereocenters. The number of hydrogen-bond donors (Lipinski definition) is 4. The molecule has 0 spiro atoms. The SMILES string of the molecule is CC1(O)C(n2cnc3c(N)ncnc32)OC(CO)[C@@H]1O. The van der Waals surface area contributed by atoms with Gasteiger partial charge in [0.1, 0.15) is 29.7 Å². The van der Waals surface area contributed by atoms with Gasteiger partial charge in [-0.05, 0) is 6.92 Å². The van der Waals surface area contributed by atoms with E-state index >= 15 is 0 Å². The van der Waals surface area contributed by atoms with Crippen LogP contribution in [0.25, 0.3) is 11.2 Å². The summed E-state index contributed by atoms with van der Waals surface area (Å²) in [6, 6.07) is 0. The lowest BCUT2D eigenvalue weighted by Crippen LogP contribution is -2.44. The number of aliphatic hydroxyl groups excluding tert-OH is 2. The number of nitrogen functional groups attached to an aromatic ring is 1. The first-order valence-corrected chi connectivity index (χ1v) is 6.06. The molecule has 9 heteroatoms. The number of rotatable bonds is 2. The predicted molar refractivity (Wildman–Crippen MR) is 67.4 cm³/mol. The van der Waals surface area contributed by atoms with E-state index in [-0.39, 0.29) is 5.82 Å². The Kier molecular flexibility index (Phi) is 2.87. The standard InChI is InChI=1S/C11H15N5O4/c1-11(19)7(18)5(2-17)20-10(11)16-4-15-6-8(12)13-3-14-9(6)16/h3-5,7,10,17-19H,2H2,1H3,(H2,12,13,14)/t5?,7-,10?,11?/m0/s1. The Morgan fingerprint density at radius 1 is 1.45 bits per heavy atom. The van der Waals surface area contributed by atoms with Crippen molar-refractivity contribution in [2.75, 3.05) is 12.3 Å². The van der Waals surface area contributed by atoms with Gasteiger partial charge in [0.15, 0.2) is 17.7 Å². The van der Waals surface area contributed by atoms with Gasteiger partial charge in [-0.15, -0.1) is 0 Å². The Morgan fingerprint density at radius 2 is 2.20 bits per heavy atom. The number of hydrogen-bond acceptors (Lipinski definition) is 8. The van der Waals surface area contributed by atoms with Crippen molar-refractivity contribution in [3.05, 3.63) is 12.7 Å². The minimum atomic E-state index is -1.60. The molecule has 4 atom stereocenters. The number of aliphatic hydroxyl groups is 3. The molecule has 3 rings (SSSR count). The van der Waals surface area contributed by atoms with Gasteiger partial charge in [-0.3, -0.25) is 4.57 Å². The van der Waals surface area contributed by atoms with Crippen LogP contribution in [0.5, 0.6) is 0 Å². The molecule has 1 aliphatic heterocycles. The first-order valence-electron chi connectivity index (χ1n) is 6.06. The zero-order valence-corrected chi connectivity index (χ0v) is 10.7. The van der Waals surface area contributed by atoms with Crippen molar-refractivity contribution in [2.45, 2.75) is 31.0 Å². The second kappa shape index (κ2) is 4.35. The number of ether oxygens (including phenoxy) is 1. The van der Waals surface area contributed by atoms with E-state index < -0.39 is 30.6 Å². The minimum Gasteiger partial charge on any atom is -0.394 e. The van der Waals surface area contributed by atoms with Crippen LogP contribution in [0.1, 0.15) is 13.2 Å². The first-order chi connectivity index (χ1) is 9.46. The molecule has 0 radical (unpaired) electrons. The number of nitrogens with two attached hydrogens (primary N) is 1. The third-order valence-electron chi connectivity index (χ3n) is 3.57. The Balaban J connectivity index is 2.10. The van der Waals surface area contributed by atoms with Crippen LogP contribution in [-0.2, 0) is 4.74 Å². The van der Waals surface area contributed by atoms with E-state index in [0.717, 1.165) is 0 Å². The average molecular weight is 281 g/mol. The van der Waals surface area contributed by atoms with E-state index in [1.807, 2.05) is 0 Å².